The molecule has 10 nitrogen and oxygen atoms in total. The Labute approximate surface area is 174 Å². The van der Waals surface area contributed by atoms with E-state index in [-0.39, 0.29) is 43.2 Å². The maximum atomic E-state index is 12.8. The predicted molar refractivity (Wildman–Crippen MR) is 104 cm³/mol. The van der Waals surface area contributed by atoms with E-state index in [2.05, 4.69) is 26.5 Å². The Bertz CT molecular complexity index is 1110. The smallest absolute Gasteiger partial charge is 0.468 e. The van der Waals surface area contributed by atoms with Crippen LogP contribution >= 0.6 is 0 Å². The number of piperidine rings is 1. The molecule has 0 aromatic carbocycles. The zero-order valence-electron chi connectivity index (χ0n) is 17.1. The summed E-state index contributed by atoms with van der Waals surface area (Å²) in [7, 11) is 2.88. The van der Waals surface area contributed by atoms with E-state index in [4.69, 9.17) is 10.5 Å². The molecule has 1 saturated heterocycles. The van der Waals surface area contributed by atoms with Crippen LogP contribution in [0.15, 0.2) is 4.79 Å². The number of carbonyl (C=O) groups is 1. The summed E-state index contributed by atoms with van der Waals surface area (Å²) in [4.78, 5) is 34.4. The highest BCUT2D eigenvalue weighted by Gasteiger charge is 2.44. The second-order valence-electron chi connectivity index (χ2n) is 6.90. The molecule has 3 rings (SSSR count). The fraction of sp³-hybridized carbons (Fsp3) is 0.556. The second kappa shape index (κ2) is 8.46. The van der Waals surface area contributed by atoms with E-state index < -0.39 is 29.9 Å². The summed E-state index contributed by atoms with van der Waals surface area (Å²) in [6.07, 6.45) is -6.13. The third-order valence-electron chi connectivity index (χ3n) is 4.89. The Morgan fingerprint density at radius 3 is 2.65 bits per heavy atom. The van der Waals surface area contributed by atoms with Crippen molar-refractivity contribution in [1.82, 2.24) is 19.1 Å². The largest absolute Gasteiger partial charge is 0.490 e. The monoisotopic (exact) mass is 442 g/mol. The molecule has 31 heavy (non-hydrogen) atoms. The standard InChI is InChI=1S/C18H21F3N6O4/c1-4-5-7-27-12-13(24-17(30-3)25(2)14(12)28)23-16(27)26-8-6-11(10(22)9-26)31-15(29)18(19,20)21/h10-11H,6-9,22H2,1-3H3. The van der Waals surface area contributed by atoms with Crippen LogP contribution in [0.5, 0.6) is 6.01 Å². The first kappa shape index (κ1) is 22.4. The number of alkyl halides is 3. The number of anilines is 1. The molecule has 13 heteroatoms. The first-order valence-electron chi connectivity index (χ1n) is 9.27. The van der Waals surface area contributed by atoms with Crippen LogP contribution in [0, 0.1) is 11.8 Å². The van der Waals surface area contributed by atoms with Crippen LogP contribution in [0.2, 0.25) is 0 Å². The average Bonchev–Trinajstić information content (AvgIpc) is 3.08. The zero-order valence-corrected chi connectivity index (χ0v) is 17.1. The Balaban J connectivity index is 1.95. The number of methoxy groups -OCH3 is 1. The highest BCUT2D eigenvalue weighted by Crippen LogP contribution is 2.26. The molecule has 0 aliphatic carbocycles. The molecule has 0 bridgehead atoms. The van der Waals surface area contributed by atoms with Gasteiger partial charge in [-0.3, -0.25) is 13.9 Å². The van der Waals surface area contributed by atoms with Crippen LogP contribution in [-0.4, -0.2) is 63.6 Å². The normalized spacial score (nSPS) is 19.1. The number of rotatable bonds is 4. The molecule has 2 aromatic heterocycles. The lowest BCUT2D eigenvalue weighted by Gasteiger charge is -2.36. The third kappa shape index (κ3) is 4.29. The van der Waals surface area contributed by atoms with Gasteiger partial charge in [-0.15, -0.1) is 5.92 Å². The molecule has 3 heterocycles. The van der Waals surface area contributed by atoms with Crippen molar-refractivity contribution in [3.05, 3.63) is 10.4 Å². The van der Waals surface area contributed by atoms with E-state index in [0.29, 0.717) is 5.95 Å². The number of aromatic nitrogens is 4. The van der Waals surface area contributed by atoms with Gasteiger partial charge in [-0.05, 0) is 6.92 Å². The Morgan fingerprint density at radius 2 is 2.06 bits per heavy atom. The molecule has 2 aromatic rings. The number of halogens is 3. The van der Waals surface area contributed by atoms with E-state index in [1.807, 2.05) is 0 Å². The van der Waals surface area contributed by atoms with E-state index >= 15 is 0 Å². The third-order valence-corrected chi connectivity index (χ3v) is 4.89. The molecule has 0 saturated carbocycles. The zero-order chi connectivity index (χ0) is 22.9. The van der Waals surface area contributed by atoms with Crippen LogP contribution in [0.25, 0.3) is 11.2 Å². The Hall–Kier alpha value is -3.27. The Morgan fingerprint density at radius 1 is 1.35 bits per heavy atom. The molecular weight excluding hydrogens is 421 g/mol. The maximum absolute atomic E-state index is 12.8. The van der Waals surface area contributed by atoms with Gasteiger partial charge in [0.1, 0.15) is 6.10 Å². The number of fused-ring (bicyclic) bond motifs is 1. The number of nitrogens with zero attached hydrogens (tertiary/aromatic N) is 5. The van der Waals surface area contributed by atoms with Crippen molar-refractivity contribution in [3.8, 4) is 17.9 Å². The van der Waals surface area contributed by atoms with E-state index in [9.17, 15) is 22.8 Å². The average molecular weight is 442 g/mol. The van der Waals surface area contributed by atoms with Gasteiger partial charge in [0, 0.05) is 26.6 Å². The lowest BCUT2D eigenvalue weighted by atomic mass is 10.0. The first-order chi connectivity index (χ1) is 14.6. The first-order valence-corrected chi connectivity index (χ1v) is 9.27. The lowest BCUT2D eigenvalue weighted by molar-refractivity contribution is -0.206. The highest BCUT2D eigenvalue weighted by atomic mass is 19.4. The van der Waals surface area contributed by atoms with Gasteiger partial charge in [0.2, 0.25) is 5.95 Å². The number of carbonyl (C=O) groups excluding carboxylic acids is 1. The van der Waals surface area contributed by atoms with Crippen LogP contribution in [-0.2, 0) is 23.1 Å². The van der Waals surface area contributed by atoms with Crippen LogP contribution in [0.4, 0.5) is 19.1 Å². The van der Waals surface area contributed by atoms with Gasteiger partial charge >= 0.3 is 18.2 Å². The summed E-state index contributed by atoms with van der Waals surface area (Å²) in [5.74, 6) is 3.69. The quantitative estimate of drug-likeness (QED) is 0.526. The van der Waals surface area contributed by atoms with Gasteiger partial charge in [-0.1, -0.05) is 5.92 Å². The number of esters is 1. The molecule has 1 fully saturated rings. The van der Waals surface area contributed by atoms with Crippen molar-refractivity contribution in [2.45, 2.75) is 38.2 Å². The lowest BCUT2D eigenvalue weighted by Crippen LogP contribution is -2.54. The minimum Gasteiger partial charge on any atom is -0.468 e. The molecule has 0 amide bonds. The van der Waals surface area contributed by atoms with Crippen LogP contribution < -0.4 is 20.9 Å². The topological polar surface area (TPSA) is 118 Å². The number of hydrogen-bond acceptors (Lipinski definition) is 8. The van der Waals surface area contributed by atoms with E-state index in [1.54, 1.807) is 16.4 Å². The molecule has 2 atom stereocenters. The maximum Gasteiger partial charge on any atom is 0.490 e. The van der Waals surface area contributed by atoms with Gasteiger partial charge in [0.25, 0.3) is 5.56 Å². The molecule has 2 N–H and O–H groups in total. The number of nitrogens with two attached hydrogens (primary N) is 1. The number of hydrogen-bond donors (Lipinski definition) is 1. The summed E-state index contributed by atoms with van der Waals surface area (Å²) >= 11 is 0. The summed E-state index contributed by atoms with van der Waals surface area (Å²) < 4.78 is 49.9. The van der Waals surface area contributed by atoms with Crippen molar-refractivity contribution >= 4 is 23.1 Å². The number of ether oxygens (including phenoxy) is 2. The molecule has 168 valence electrons. The summed E-state index contributed by atoms with van der Waals surface area (Å²) in [5, 5.41) is 0. The molecular formula is C18H21F3N6O4. The van der Waals surface area contributed by atoms with Crippen LogP contribution in [0.3, 0.4) is 0 Å². The molecule has 0 spiro atoms. The van der Waals surface area contributed by atoms with Crippen LogP contribution in [0.1, 0.15) is 13.3 Å². The molecule has 2 unspecified atom stereocenters. The SMILES string of the molecule is CC#CCn1c(N2CCC(OC(=O)C(F)(F)F)C(N)C2)nc2nc(OC)n(C)c(=O)c21. The van der Waals surface area contributed by atoms with Crippen molar-refractivity contribution in [2.24, 2.45) is 12.8 Å². The Kier molecular flexibility index (Phi) is 6.12. The fourth-order valence-electron chi connectivity index (χ4n) is 3.35. The van der Waals surface area contributed by atoms with E-state index in [1.165, 1.54) is 18.7 Å². The van der Waals surface area contributed by atoms with Crippen molar-refractivity contribution < 1.29 is 27.4 Å². The van der Waals surface area contributed by atoms with Crippen molar-refractivity contribution in [2.75, 3.05) is 25.1 Å². The second-order valence-corrected chi connectivity index (χ2v) is 6.90. The number of imidazole rings is 1. The summed E-state index contributed by atoms with van der Waals surface area (Å²) in [5.41, 5.74) is 5.95. The summed E-state index contributed by atoms with van der Waals surface area (Å²) in [6, 6.07) is -0.819. The van der Waals surface area contributed by atoms with E-state index in [0.717, 1.165) is 0 Å². The highest BCUT2D eigenvalue weighted by molar-refractivity contribution is 5.76. The predicted octanol–water partition coefficient (Wildman–Crippen LogP) is 0.173. The molecule has 0 radical (unpaired) electrons. The minimum atomic E-state index is -5.09. The van der Waals surface area contributed by atoms with Crippen molar-refractivity contribution in [3.63, 3.8) is 0 Å². The van der Waals surface area contributed by atoms with Gasteiger partial charge in [0.15, 0.2) is 11.2 Å². The van der Waals surface area contributed by atoms with Gasteiger partial charge in [-0.25, -0.2) is 4.79 Å². The van der Waals surface area contributed by atoms with Gasteiger partial charge in [0.05, 0.1) is 19.7 Å². The van der Waals surface area contributed by atoms with Crippen molar-refractivity contribution in [1.29, 1.82) is 0 Å². The molecule has 1 aliphatic rings. The van der Waals surface area contributed by atoms with Gasteiger partial charge in [-0.2, -0.15) is 23.1 Å². The van der Waals surface area contributed by atoms with Gasteiger partial charge < -0.3 is 20.1 Å². The minimum absolute atomic E-state index is 0.0517. The molecule has 1 aliphatic heterocycles. The fourth-order valence-corrected chi connectivity index (χ4v) is 3.35. The summed E-state index contributed by atoms with van der Waals surface area (Å²) in [6.45, 7) is 2.04.